The van der Waals surface area contributed by atoms with Crippen molar-refractivity contribution in [3.63, 3.8) is 0 Å². The first kappa shape index (κ1) is 14.5. The smallest absolute Gasteiger partial charge is 0.332 e. The average Bonchev–Trinajstić information content (AvgIpc) is 2.21. The summed E-state index contributed by atoms with van der Waals surface area (Å²) in [5, 5.41) is 2.65. The lowest BCUT2D eigenvalue weighted by Gasteiger charge is -2.09. The minimum Gasteiger partial charge on any atom is -0.355 e. The van der Waals surface area contributed by atoms with E-state index in [4.69, 9.17) is 4.55 Å². The number of amides is 1. The SMILES string of the molecule is CCC(C)C(=O)NCCNOOS(=O)O. The molecule has 7 nitrogen and oxygen atoms in total. The van der Waals surface area contributed by atoms with E-state index in [2.05, 4.69) is 20.1 Å². The summed E-state index contributed by atoms with van der Waals surface area (Å²) in [6, 6.07) is 0. The molecule has 0 aromatic carbocycles. The van der Waals surface area contributed by atoms with Crippen LogP contribution in [0.5, 0.6) is 0 Å². The van der Waals surface area contributed by atoms with Crippen molar-refractivity contribution in [2.45, 2.75) is 20.3 Å². The maximum absolute atomic E-state index is 11.2. The first-order valence-corrected chi connectivity index (χ1v) is 5.56. The summed E-state index contributed by atoms with van der Waals surface area (Å²) >= 11 is -2.46. The largest absolute Gasteiger partial charge is 0.355 e. The molecule has 0 heterocycles. The molecule has 2 atom stereocenters. The molecular formula is C7H16N2O5S. The molecular weight excluding hydrogens is 224 g/mol. The van der Waals surface area contributed by atoms with Crippen molar-refractivity contribution < 1.29 is 22.9 Å². The van der Waals surface area contributed by atoms with Crippen LogP contribution in [0, 0.1) is 5.92 Å². The average molecular weight is 240 g/mol. The highest BCUT2D eigenvalue weighted by Crippen LogP contribution is 1.98. The van der Waals surface area contributed by atoms with Crippen LogP contribution in [-0.4, -0.2) is 27.8 Å². The Bertz CT molecular complexity index is 214. The lowest BCUT2D eigenvalue weighted by atomic mass is 10.1. The molecule has 0 aliphatic rings. The van der Waals surface area contributed by atoms with Crippen LogP contribution in [-0.2, 0) is 25.5 Å². The van der Waals surface area contributed by atoms with E-state index in [-0.39, 0.29) is 18.4 Å². The van der Waals surface area contributed by atoms with Crippen molar-refractivity contribution in [2.75, 3.05) is 13.1 Å². The van der Waals surface area contributed by atoms with Gasteiger partial charge in [-0.15, -0.1) is 4.99 Å². The molecule has 3 N–H and O–H groups in total. The van der Waals surface area contributed by atoms with Gasteiger partial charge in [-0.25, -0.2) is 0 Å². The first-order valence-electron chi connectivity index (χ1n) is 4.53. The number of rotatable bonds is 8. The van der Waals surface area contributed by atoms with Crippen LogP contribution in [0.4, 0.5) is 0 Å². The third-order valence-corrected chi connectivity index (χ3v) is 1.92. The topological polar surface area (TPSA) is 96.9 Å². The fourth-order valence-corrected chi connectivity index (χ4v) is 0.798. The summed E-state index contributed by atoms with van der Waals surface area (Å²) in [6.07, 6.45) is 0.780. The van der Waals surface area contributed by atoms with Gasteiger partial charge in [-0.3, -0.25) is 9.35 Å². The summed E-state index contributed by atoms with van der Waals surface area (Å²) < 4.78 is 21.9. The van der Waals surface area contributed by atoms with Gasteiger partial charge in [0.15, 0.2) is 0 Å². The molecule has 0 spiro atoms. The number of carbonyl (C=O) groups is 1. The van der Waals surface area contributed by atoms with Gasteiger partial charge in [-0.1, -0.05) is 18.2 Å². The molecule has 1 amide bonds. The second-order valence-electron chi connectivity index (χ2n) is 2.86. The van der Waals surface area contributed by atoms with Gasteiger partial charge >= 0.3 is 11.4 Å². The Kier molecular flexibility index (Phi) is 8.43. The Hall–Kier alpha value is -0.540. The van der Waals surface area contributed by atoms with Crippen LogP contribution in [0.2, 0.25) is 0 Å². The molecule has 0 aromatic heterocycles. The number of hydroxylamine groups is 1. The van der Waals surface area contributed by atoms with Gasteiger partial charge in [0.2, 0.25) is 5.91 Å². The third-order valence-electron chi connectivity index (χ3n) is 1.74. The van der Waals surface area contributed by atoms with Crippen LogP contribution in [0.3, 0.4) is 0 Å². The van der Waals surface area contributed by atoms with Gasteiger partial charge in [-0.05, 0) is 6.42 Å². The zero-order valence-electron chi connectivity index (χ0n) is 8.69. The van der Waals surface area contributed by atoms with Crippen molar-refractivity contribution in [3.05, 3.63) is 0 Å². The fraction of sp³-hybridized carbons (Fsp3) is 0.857. The molecule has 0 aliphatic carbocycles. The molecule has 0 saturated carbocycles. The van der Waals surface area contributed by atoms with Crippen molar-refractivity contribution >= 4 is 17.3 Å². The Balaban J connectivity index is 3.31. The monoisotopic (exact) mass is 240 g/mol. The lowest BCUT2D eigenvalue weighted by molar-refractivity contribution is -0.253. The van der Waals surface area contributed by atoms with Crippen molar-refractivity contribution in [2.24, 2.45) is 5.92 Å². The highest BCUT2D eigenvalue weighted by molar-refractivity contribution is 7.74. The molecule has 0 radical (unpaired) electrons. The Morgan fingerprint density at radius 2 is 2.20 bits per heavy atom. The summed E-state index contributed by atoms with van der Waals surface area (Å²) in [6.45, 7) is 4.39. The van der Waals surface area contributed by atoms with Crippen molar-refractivity contribution in [1.82, 2.24) is 10.8 Å². The first-order chi connectivity index (χ1) is 7.07. The summed E-state index contributed by atoms with van der Waals surface area (Å²) in [7, 11) is 0. The van der Waals surface area contributed by atoms with Gasteiger partial charge < -0.3 is 5.32 Å². The standard InChI is InChI=1S/C7H16N2O5S/c1-3-6(2)7(10)8-4-5-9-13-14-15(11)12/h6,9H,3-5H2,1-2H3,(H,8,10)(H,11,12). The summed E-state index contributed by atoms with van der Waals surface area (Å²) in [5.74, 6) is -0.0573. The van der Waals surface area contributed by atoms with E-state index in [9.17, 15) is 9.00 Å². The summed E-state index contributed by atoms with van der Waals surface area (Å²) in [5.41, 5.74) is 2.24. The van der Waals surface area contributed by atoms with E-state index >= 15 is 0 Å². The zero-order valence-corrected chi connectivity index (χ0v) is 9.50. The van der Waals surface area contributed by atoms with E-state index in [1.165, 1.54) is 0 Å². The number of hydrogen-bond donors (Lipinski definition) is 3. The Labute approximate surface area is 90.9 Å². The number of hydrogen-bond acceptors (Lipinski definition) is 5. The zero-order chi connectivity index (χ0) is 11.7. The lowest BCUT2D eigenvalue weighted by Crippen LogP contribution is -2.34. The predicted octanol–water partition coefficient (Wildman–Crippen LogP) is -0.262. The van der Waals surface area contributed by atoms with Crippen LogP contribution in [0.1, 0.15) is 20.3 Å². The maximum atomic E-state index is 11.2. The van der Waals surface area contributed by atoms with Crippen molar-refractivity contribution in [3.8, 4) is 0 Å². The molecule has 8 heteroatoms. The number of nitrogens with one attached hydrogen (secondary N) is 2. The van der Waals surface area contributed by atoms with E-state index in [0.717, 1.165) is 6.42 Å². The molecule has 0 aromatic rings. The van der Waals surface area contributed by atoms with Gasteiger partial charge in [0.1, 0.15) is 0 Å². The molecule has 0 fully saturated rings. The minimum atomic E-state index is -2.46. The van der Waals surface area contributed by atoms with Crippen LogP contribution >= 0.6 is 0 Å². The molecule has 0 rings (SSSR count). The summed E-state index contributed by atoms with van der Waals surface area (Å²) in [4.78, 5) is 15.3. The van der Waals surface area contributed by atoms with Crippen LogP contribution in [0.15, 0.2) is 0 Å². The van der Waals surface area contributed by atoms with Gasteiger partial charge in [-0.2, -0.15) is 9.69 Å². The minimum absolute atomic E-state index is 0.0212. The van der Waals surface area contributed by atoms with E-state index in [1.807, 2.05) is 13.8 Å². The molecule has 0 bridgehead atoms. The molecule has 15 heavy (non-hydrogen) atoms. The van der Waals surface area contributed by atoms with Crippen LogP contribution in [0.25, 0.3) is 0 Å². The quantitative estimate of drug-likeness (QED) is 0.234. The highest BCUT2D eigenvalue weighted by Gasteiger charge is 2.08. The second kappa shape index (κ2) is 8.74. The fourth-order valence-electron chi connectivity index (χ4n) is 0.691. The molecule has 2 unspecified atom stereocenters. The van der Waals surface area contributed by atoms with Gasteiger partial charge in [0.25, 0.3) is 0 Å². The Morgan fingerprint density at radius 3 is 2.73 bits per heavy atom. The molecule has 0 saturated heterocycles. The predicted molar refractivity (Wildman–Crippen MR) is 53.4 cm³/mol. The van der Waals surface area contributed by atoms with E-state index in [1.54, 1.807) is 0 Å². The maximum Gasteiger partial charge on any atom is 0.332 e. The molecule has 90 valence electrons. The second-order valence-corrected chi connectivity index (χ2v) is 3.43. The van der Waals surface area contributed by atoms with E-state index in [0.29, 0.717) is 6.54 Å². The van der Waals surface area contributed by atoms with Crippen LogP contribution < -0.4 is 10.8 Å². The Morgan fingerprint density at radius 1 is 1.53 bits per heavy atom. The highest BCUT2D eigenvalue weighted by atomic mass is 32.2. The van der Waals surface area contributed by atoms with Crippen molar-refractivity contribution in [1.29, 1.82) is 0 Å². The van der Waals surface area contributed by atoms with E-state index < -0.39 is 11.4 Å². The molecule has 0 aliphatic heterocycles. The third kappa shape index (κ3) is 8.45. The van der Waals surface area contributed by atoms with Gasteiger partial charge in [0.05, 0.1) is 0 Å². The normalized spacial score (nSPS) is 14.6. The number of carbonyl (C=O) groups excluding carboxylic acids is 1. The van der Waals surface area contributed by atoms with Gasteiger partial charge in [0, 0.05) is 19.0 Å².